The Kier molecular flexibility index (Phi) is 8.66. The number of aromatic nitrogens is 2. The van der Waals surface area contributed by atoms with E-state index < -0.39 is 35.6 Å². The number of halogens is 3. The summed E-state index contributed by atoms with van der Waals surface area (Å²) in [6.45, 7) is 5.56. The van der Waals surface area contributed by atoms with Crippen molar-refractivity contribution in [3.8, 4) is 17.1 Å². The molecule has 0 bridgehead atoms. The van der Waals surface area contributed by atoms with Gasteiger partial charge < -0.3 is 24.0 Å². The minimum absolute atomic E-state index is 0.109. The number of carboxylic acid groups (broad SMARTS) is 1. The molecule has 3 aromatic carbocycles. The summed E-state index contributed by atoms with van der Waals surface area (Å²) in [4.78, 5) is 33.5. The van der Waals surface area contributed by atoms with Gasteiger partial charge >= 0.3 is 18.4 Å². The van der Waals surface area contributed by atoms with Gasteiger partial charge in [0.05, 0.1) is 5.56 Å². The zero-order chi connectivity index (χ0) is 32.4. The molecule has 0 saturated carbocycles. The van der Waals surface area contributed by atoms with Gasteiger partial charge in [-0.15, -0.1) is 4.99 Å². The first-order valence-corrected chi connectivity index (χ1v) is 14.0. The van der Waals surface area contributed by atoms with Crippen molar-refractivity contribution in [3.05, 3.63) is 77.7 Å². The SMILES string of the molecule is CC(C)(C)OC(=O)N/C(=N/C(=O)O)N1CCC[C@H]1c1nc(-c2ccc3cc(OCc4ccc(C(F)(F)F)cc4)ccc3c2)no1. The van der Waals surface area contributed by atoms with Gasteiger partial charge in [-0.05, 0) is 80.3 Å². The monoisotopic (exact) mass is 625 g/mol. The second-order valence-electron chi connectivity index (χ2n) is 11.4. The third kappa shape index (κ3) is 7.88. The first kappa shape index (κ1) is 31.3. The molecule has 4 aromatic rings. The number of carbonyl (C=O) groups excluding carboxylic acids is 1. The van der Waals surface area contributed by atoms with Crippen LogP contribution >= 0.6 is 0 Å². The van der Waals surface area contributed by atoms with E-state index in [0.717, 1.165) is 22.9 Å². The summed E-state index contributed by atoms with van der Waals surface area (Å²) >= 11 is 0. The van der Waals surface area contributed by atoms with Crippen molar-refractivity contribution in [1.82, 2.24) is 20.4 Å². The molecule has 1 aromatic heterocycles. The van der Waals surface area contributed by atoms with E-state index in [9.17, 15) is 27.9 Å². The highest BCUT2D eigenvalue weighted by Gasteiger charge is 2.35. The van der Waals surface area contributed by atoms with Crippen LogP contribution in [0.5, 0.6) is 5.75 Å². The predicted molar refractivity (Wildman–Crippen MR) is 157 cm³/mol. The lowest BCUT2D eigenvalue weighted by Crippen LogP contribution is -2.46. The third-order valence-electron chi connectivity index (χ3n) is 6.82. The predicted octanol–water partition coefficient (Wildman–Crippen LogP) is 7.18. The molecule has 2 amide bonds. The Labute approximate surface area is 255 Å². The minimum atomic E-state index is -4.39. The number of benzene rings is 3. The molecule has 11 nitrogen and oxygen atoms in total. The number of nitrogens with one attached hydrogen (secondary N) is 1. The molecule has 0 aliphatic carbocycles. The van der Waals surface area contributed by atoms with Crippen molar-refractivity contribution in [2.45, 2.75) is 58.0 Å². The number of amides is 2. The molecule has 1 aliphatic heterocycles. The van der Waals surface area contributed by atoms with Crippen molar-refractivity contribution in [2.75, 3.05) is 6.54 Å². The molecule has 45 heavy (non-hydrogen) atoms. The fraction of sp³-hybridized carbons (Fsp3) is 0.323. The molecule has 1 atom stereocenters. The van der Waals surface area contributed by atoms with Gasteiger partial charge in [0.2, 0.25) is 17.7 Å². The normalized spacial score (nSPS) is 15.7. The molecule has 5 rings (SSSR count). The second kappa shape index (κ2) is 12.5. The maximum Gasteiger partial charge on any atom is 0.434 e. The minimum Gasteiger partial charge on any atom is -0.489 e. The van der Waals surface area contributed by atoms with E-state index in [1.807, 2.05) is 30.3 Å². The molecule has 0 radical (unpaired) electrons. The number of likely N-dealkylation sites (tertiary alicyclic amines) is 1. The average Bonchev–Trinajstić information content (AvgIpc) is 3.64. The molecule has 236 valence electrons. The van der Waals surface area contributed by atoms with Crippen LogP contribution in [0.15, 0.2) is 70.2 Å². The third-order valence-corrected chi connectivity index (χ3v) is 6.82. The summed E-state index contributed by atoms with van der Waals surface area (Å²) in [5.41, 5.74) is -0.233. The molecule has 2 N–H and O–H groups in total. The van der Waals surface area contributed by atoms with Gasteiger partial charge in [-0.1, -0.05) is 35.5 Å². The zero-order valence-electron chi connectivity index (χ0n) is 24.6. The van der Waals surface area contributed by atoms with E-state index in [-0.39, 0.29) is 18.5 Å². The van der Waals surface area contributed by atoms with Gasteiger partial charge in [-0.25, -0.2) is 9.59 Å². The van der Waals surface area contributed by atoms with Gasteiger partial charge in [0.25, 0.3) is 0 Å². The number of ether oxygens (including phenoxy) is 2. The number of hydrogen-bond donors (Lipinski definition) is 2. The molecule has 14 heteroatoms. The van der Waals surface area contributed by atoms with Crippen LogP contribution in [0.25, 0.3) is 22.2 Å². The van der Waals surface area contributed by atoms with Crippen molar-refractivity contribution in [2.24, 2.45) is 4.99 Å². The largest absolute Gasteiger partial charge is 0.489 e. The summed E-state index contributed by atoms with van der Waals surface area (Å²) in [5.74, 6) is 0.912. The number of alkyl carbamates (subject to hydrolysis) is 1. The maximum absolute atomic E-state index is 12.8. The second-order valence-corrected chi connectivity index (χ2v) is 11.4. The number of rotatable bonds is 5. The first-order valence-electron chi connectivity index (χ1n) is 14.0. The highest BCUT2D eigenvalue weighted by Crippen LogP contribution is 2.33. The maximum atomic E-state index is 12.8. The van der Waals surface area contributed by atoms with Crippen LogP contribution in [0.2, 0.25) is 0 Å². The molecule has 1 aliphatic rings. The summed E-state index contributed by atoms with van der Waals surface area (Å²) in [6, 6.07) is 15.3. The standard InChI is InChI=1S/C31H30F3N5O6/c1-30(2,3)44-29(42)37-27(36-28(40)41)39-14-4-5-24(39)26-35-25(38-45-26)21-9-8-20-16-23(13-10-19(20)15-21)43-17-18-6-11-22(12-7-18)31(32,33)34/h6-13,15-16,24H,4-5,14,17H2,1-3H3,(H,40,41)(H,36,37,42)/t24-/m0/s1. The number of nitrogens with zero attached hydrogens (tertiary/aromatic N) is 4. The Balaban J connectivity index is 1.28. The Morgan fingerprint density at radius 2 is 1.78 bits per heavy atom. The molecule has 0 spiro atoms. The first-order chi connectivity index (χ1) is 21.2. The Bertz CT molecular complexity index is 1730. The van der Waals surface area contributed by atoms with E-state index in [0.29, 0.717) is 42.1 Å². The lowest BCUT2D eigenvalue weighted by Gasteiger charge is -2.26. The van der Waals surface area contributed by atoms with Crippen molar-refractivity contribution >= 4 is 28.9 Å². The summed E-state index contributed by atoms with van der Waals surface area (Å²) in [6.07, 6.45) is -5.50. The Morgan fingerprint density at radius 1 is 1.07 bits per heavy atom. The van der Waals surface area contributed by atoms with Crippen LogP contribution in [0.3, 0.4) is 0 Å². The molecular weight excluding hydrogens is 595 g/mol. The lowest BCUT2D eigenvalue weighted by molar-refractivity contribution is -0.137. The van der Waals surface area contributed by atoms with Gasteiger partial charge in [0, 0.05) is 12.1 Å². The molecule has 1 fully saturated rings. The van der Waals surface area contributed by atoms with Crippen LogP contribution in [-0.2, 0) is 17.5 Å². The van der Waals surface area contributed by atoms with E-state index in [1.54, 1.807) is 31.7 Å². The molecular formula is C31H30F3N5O6. The van der Waals surface area contributed by atoms with Crippen LogP contribution < -0.4 is 10.1 Å². The lowest BCUT2D eigenvalue weighted by atomic mass is 10.1. The number of hydrogen-bond acceptors (Lipinski definition) is 7. The van der Waals surface area contributed by atoms with Crippen molar-refractivity contribution in [1.29, 1.82) is 0 Å². The number of carbonyl (C=O) groups is 2. The summed E-state index contributed by atoms with van der Waals surface area (Å²) in [7, 11) is 0. The van der Waals surface area contributed by atoms with Gasteiger partial charge in [-0.2, -0.15) is 18.2 Å². The quantitative estimate of drug-likeness (QED) is 0.174. The highest BCUT2D eigenvalue weighted by molar-refractivity contribution is 5.98. The van der Waals surface area contributed by atoms with Crippen LogP contribution in [0, 0.1) is 0 Å². The zero-order valence-corrected chi connectivity index (χ0v) is 24.6. The van der Waals surface area contributed by atoms with Crippen LogP contribution in [-0.4, -0.2) is 50.4 Å². The van der Waals surface area contributed by atoms with Gasteiger partial charge in [0.1, 0.15) is 24.0 Å². The number of guanidine groups is 1. The number of aliphatic imine (C=N–C) groups is 1. The Morgan fingerprint density at radius 3 is 2.47 bits per heavy atom. The summed E-state index contributed by atoms with van der Waals surface area (Å²) < 4.78 is 55.0. The topological polar surface area (TPSA) is 139 Å². The highest BCUT2D eigenvalue weighted by atomic mass is 19.4. The van der Waals surface area contributed by atoms with E-state index in [2.05, 4.69) is 20.4 Å². The molecule has 1 saturated heterocycles. The van der Waals surface area contributed by atoms with Crippen molar-refractivity contribution in [3.63, 3.8) is 0 Å². The fourth-order valence-electron chi connectivity index (χ4n) is 4.82. The average molecular weight is 626 g/mol. The van der Waals surface area contributed by atoms with E-state index in [4.69, 9.17) is 14.0 Å². The van der Waals surface area contributed by atoms with E-state index >= 15 is 0 Å². The number of fused-ring (bicyclic) bond motifs is 1. The van der Waals surface area contributed by atoms with Crippen molar-refractivity contribution < 1.29 is 41.9 Å². The summed E-state index contributed by atoms with van der Waals surface area (Å²) in [5, 5.41) is 17.6. The fourth-order valence-corrected chi connectivity index (χ4v) is 4.82. The van der Waals surface area contributed by atoms with Gasteiger partial charge in [0.15, 0.2) is 0 Å². The molecule has 2 heterocycles. The number of alkyl halides is 3. The Hall–Kier alpha value is -5.14. The van der Waals surface area contributed by atoms with Crippen LogP contribution in [0.4, 0.5) is 22.8 Å². The van der Waals surface area contributed by atoms with Crippen LogP contribution in [0.1, 0.15) is 56.7 Å². The van der Waals surface area contributed by atoms with Gasteiger partial charge in [-0.3, -0.25) is 5.32 Å². The smallest absolute Gasteiger partial charge is 0.434 e. The van der Waals surface area contributed by atoms with E-state index in [1.165, 1.54) is 12.1 Å². The molecule has 0 unspecified atom stereocenters.